The topological polar surface area (TPSA) is 71.1 Å². The zero-order valence-electron chi connectivity index (χ0n) is 11.3. The van der Waals surface area contributed by atoms with E-state index in [-0.39, 0.29) is 0 Å². The van der Waals surface area contributed by atoms with Gasteiger partial charge in [-0.15, -0.1) is 6.58 Å². The second kappa shape index (κ2) is 5.66. The zero-order chi connectivity index (χ0) is 14.9. The highest BCUT2D eigenvalue weighted by molar-refractivity contribution is 9.09. The van der Waals surface area contributed by atoms with Crippen LogP contribution in [0.4, 0.5) is 0 Å². The predicted molar refractivity (Wildman–Crippen MR) is 79.7 cm³/mol. The summed E-state index contributed by atoms with van der Waals surface area (Å²) in [6.07, 6.45) is 1.65. The smallest absolute Gasteiger partial charge is 0.332 e. The minimum atomic E-state index is -0.419. The van der Waals surface area contributed by atoms with Crippen molar-refractivity contribution < 1.29 is 4.74 Å². The first-order valence-electron chi connectivity index (χ1n) is 5.98. The molecule has 0 amide bonds. The highest BCUT2D eigenvalue weighted by atomic mass is 79.9. The van der Waals surface area contributed by atoms with Crippen LogP contribution in [0.3, 0.4) is 0 Å². The third-order valence-electron chi connectivity index (χ3n) is 2.93. The second-order valence-electron chi connectivity index (χ2n) is 4.21. The first-order valence-corrected chi connectivity index (χ1v) is 7.11. The van der Waals surface area contributed by atoms with Gasteiger partial charge in [-0.1, -0.05) is 22.0 Å². The lowest BCUT2D eigenvalue weighted by molar-refractivity contribution is 0.305. The van der Waals surface area contributed by atoms with Gasteiger partial charge < -0.3 is 4.74 Å². The largest absolute Gasteiger partial charge is 0.464 e. The minimum absolute atomic E-state index is 0.303. The van der Waals surface area contributed by atoms with Gasteiger partial charge >= 0.3 is 5.69 Å². The average molecular weight is 343 g/mol. The molecule has 0 spiro atoms. The summed E-state index contributed by atoms with van der Waals surface area (Å²) in [5, 5.41) is 0.640. The number of hydrogen-bond donors (Lipinski definition) is 0. The monoisotopic (exact) mass is 342 g/mol. The summed E-state index contributed by atoms with van der Waals surface area (Å²) in [6.45, 7) is 4.45. The number of ether oxygens (including phenoxy) is 1. The van der Waals surface area contributed by atoms with Crippen LogP contribution >= 0.6 is 15.9 Å². The number of aryl methyl sites for hydroxylation is 1. The summed E-state index contributed by atoms with van der Waals surface area (Å²) in [4.78, 5) is 28.4. The van der Waals surface area contributed by atoms with Crippen LogP contribution < -0.4 is 16.0 Å². The summed E-state index contributed by atoms with van der Waals surface area (Å²) < 4.78 is 9.51. The van der Waals surface area contributed by atoms with Crippen molar-refractivity contribution in [3.8, 4) is 6.01 Å². The number of rotatable bonds is 5. The van der Waals surface area contributed by atoms with Gasteiger partial charge in [0, 0.05) is 26.0 Å². The van der Waals surface area contributed by atoms with Gasteiger partial charge in [0.05, 0.1) is 0 Å². The molecule has 0 aliphatic carbocycles. The lowest BCUT2D eigenvalue weighted by Gasteiger charge is -2.07. The van der Waals surface area contributed by atoms with Crippen LogP contribution in [0.5, 0.6) is 6.01 Å². The molecular weight excluding hydrogens is 328 g/mol. The van der Waals surface area contributed by atoms with Crippen LogP contribution in [-0.2, 0) is 20.6 Å². The number of aromatic nitrogens is 4. The van der Waals surface area contributed by atoms with Gasteiger partial charge in [-0.3, -0.25) is 18.5 Å². The molecule has 0 saturated carbocycles. The predicted octanol–water partition coefficient (Wildman–Crippen LogP) is 0.393. The van der Waals surface area contributed by atoms with Gasteiger partial charge in [-0.25, -0.2) is 4.79 Å². The normalized spacial score (nSPS) is 10.9. The van der Waals surface area contributed by atoms with Gasteiger partial charge in [-0.05, 0) is 0 Å². The second-order valence-corrected chi connectivity index (χ2v) is 5.00. The van der Waals surface area contributed by atoms with Crippen molar-refractivity contribution >= 4 is 27.1 Å². The Kier molecular flexibility index (Phi) is 4.12. The summed E-state index contributed by atoms with van der Waals surface area (Å²) in [5.74, 6) is 0. The Bertz CT molecular complexity index is 772. The molecule has 0 bridgehead atoms. The van der Waals surface area contributed by atoms with Crippen LogP contribution in [0.25, 0.3) is 11.2 Å². The molecule has 2 aromatic rings. The van der Waals surface area contributed by atoms with Gasteiger partial charge in [0.2, 0.25) is 0 Å². The van der Waals surface area contributed by atoms with E-state index in [9.17, 15) is 9.59 Å². The zero-order valence-corrected chi connectivity index (χ0v) is 12.9. The van der Waals surface area contributed by atoms with Crippen molar-refractivity contribution in [1.29, 1.82) is 0 Å². The van der Waals surface area contributed by atoms with Crippen molar-refractivity contribution in [3.05, 3.63) is 33.5 Å². The maximum atomic E-state index is 12.3. The van der Waals surface area contributed by atoms with E-state index in [4.69, 9.17) is 4.74 Å². The highest BCUT2D eigenvalue weighted by Gasteiger charge is 2.19. The SMILES string of the molecule is C=CCn1c(OCCBr)nc2c1c(=O)n(C)c(=O)n2C. The standard InChI is InChI=1S/C12H15BrN4O3/c1-4-6-17-8-9(14-11(17)20-7-5-13)15(2)12(19)16(3)10(8)18/h4H,1,5-7H2,2-3H3. The summed E-state index contributed by atoms with van der Waals surface area (Å²) in [6, 6.07) is 0.303. The van der Waals surface area contributed by atoms with Crippen molar-refractivity contribution in [2.45, 2.75) is 6.54 Å². The molecule has 0 unspecified atom stereocenters. The third-order valence-corrected chi connectivity index (χ3v) is 3.26. The summed E-state index contributed by atoms with van der Waals surface area (Å²) in [7, 11) is 3.01. The highest BCUT2D eigenvalue weighted by Crippen LogP contribution is 2.17. The molecule has 2 aromatic heterocycles. The van der Waals surface area contributed by atoms with Crippen molar-refractivity contribution in [3.63, 3.8) is 0 Å². The fraction of sp³-hybridized carbons (Fsp3) is 0.417. The van der Waals surface area contributed by atoms with Crippen LogP contribution in [0, 0.1) is 0 Å². The first-order chi connectivity index (χ1) is 9.52. The molecule has 0 fully saturated rings. The number of hydrogen-bond acceptors (Lipinski definition) is 4. The molecule has 8 heteroatoms. The van der Waals surface area contributed by atoms with E-state index in [1.165, 1.54) is 11.6 Å². The Hall–Kier alpha value is -1.83. The minimum Gasteiger partial charge on any atom is -0.464 e. The van der Waals surface area contributed by atoms with E-state index in [0.29, 0.717) is 35.7 Å². The Labute approximate surface area is 123 Å². The number of allylic oxidation sites excluding steroid dienone is 1. The molecule has 0 aliphatic rings. The average Bonchev–Trinajstić information content (AvgIpc) is 2.80. The van der Waals surface area contributed by atoms with Gasteiger partial charge in [-0.2, -0.15) is 4.98 Å². The number of nitrogens with zero attached hydrogens (tertiary/aromatic N) is 4. The quantitative estimate of drug-likeness (QED) is 0.582. The van der Waals surface area contributed by atoms with Gasteiger partial charge in [0.15, 0.2) is 11.2 Å². The molecule has 0 N–H and O–H groups in total. The van der Waals surface area contributed by atoms with Crippen LogP contribution in [0.1, 0.15) is 0 Å². The third kappa shape index (κ3) is 2.20. The van der Waals surface area contributed by atoms with Gasteiger partial charge in [0.25, 0.3) is 11.6 Å². The van der Waals surface area contributed by atoms with Crippen LogP contribution in [0.15, 0.2) is 22.2 Å². The molecule has 20 heavy (non-hydrogen) atoms. The van der Waals surface area contributed by atoms with E-state index in [1.54, 1.807) is 17.7 Å². The van der Waals surface area contributed by atoms with E-state index in [2.05, 4.69) is 27.5 Å². The summed E-state index contributed by atoms with van der Waals surface area (Å²) in [5.41, 5.74) is -0.174. The fourth-order valence-corrected chi connectivity index (χ4v) is 2.13. The number of imidazole rings is 1. The van der Waals surface area contributed by atoms with Crippen LogP contribution in [-0.4, -0.2) is 30.6 Å². The number of alkyl halides is 1. The Morgan fingerprint density at radius 1 is 1.35 bits per heavy atom. The van der Waals surface area contributed by atoms with Gasteiger partial charge in [0.1, 0.15) is 6.61 Å². The molecule has 2 rings (SSSR count). The lowest BCUT2D eigenvalue weighted by Crippen LogP contribution is -2.37. The van der Waals surface area contributed by atoms with Crippen molar-refractivity contribution in [1.82, 2.24) is 18.7 Å². The molecule has 0 aliphatic heterocycles. The van der Waals surface area contributed by atoms with Crippen molar-refractivity contribution in [2.75, 3.05) is 11.9 Å². The molecule has 2 heterocycles. The van der Waals surface area contributed by atoms with E-state index in [0.717, 1.165) is 4.57 Å². The first kappa shape index (κ1) is 14.6. The fourth-order valence-electron chi connectivity index (χ4n) is 1.97. The molecule has 108 valence electrons. The Balaban J connectivity index is 2.84. The van der Waals surface area contributed by atoms with E-state index >= 15 is 0 Å². The van der Waals surface area contributed by atoms with E-state index < -0.39 is 11.2 Å². The van der Waals surface area contributed by atoms with E-state index in [1.807, 2.05) is 0 Å². The molecule has 7 nitrogen and oxygen atoms in total. The van der Waals surface area contributed by atoms with Crippen LogP contribution in [0.2, 0.25) is 0 Å². The number of halogens is 1. The maximum absolute atomic E-state index is 12.3. The Morgan fingerprint density at radius 3 is 2.65 bits per heavy atom. The maximum Gasteiger partial charge on any atom is 0.332 e. The Morgan fingerprint density at radius 2 is 2.05 bits per heavy atom. The molecular formula is C12H15BrN4O3. The lowest BCUT2D eigenvalue weighted by atomic mass is 10.5. The van der Waals surface area contributed by atoms with Crippen molar-refractivity contribution in [2.24, 2.45) is 14.1 Å². The molecule has 0 saturated heterocycles. The number of fused-ring (bicyclic) bond motifs is 1. The molecule has 0 radical (unpaired) electrons. The molecule has 0 atom stereocenters. The summed E-state index contributed by atoms with van der Waals surface area (Å²) >= 11 is 3.26. The molecule has 0 aromatic carbocycles.